The van der Waals surface area contributed by atoms with E-state index in [0.29, 0.717) is 22.5 Å². The molecule has 0 spiro atoms. The highest BCUT2D eigenvalue weighted by Gasteiger charge is 2.09. The van der Waals surface area contributed by atoms with Gasteiger partial charge in [0.15, 0.2) is 0 Å². The number of carbonyl (C=O) groups excluding carboxylic acids is 2. The van der Waals surface area contributed by atoms with Crippen LogP contribution in [0.1, 0.15) is 15.9 Å². The fraction of sp³-hybridized carbons (Fsp3) is 0.0476. The first-order chi connectivity index (χ1) is 13.5. The monoisotopic (exact) mass is 381 g/mol. The number of halogens is 2. The second kappa shape index (κ2) is 8.77. The van der Waals surface area contributed by atoms with Crippen molar-refractivity contribution < 1.29 is 18.4 Å². The lowest BCUT2D eigenvalue weighted by molar-refractivity contribution is 0.102. The summed E-state index contributed by atoms with van der Waals surface area (Å²) in [7, 11) is 0. The molecule has 3 amide bonds. The number of carbonyl (C=O) groups is 2. The van der Waals surface area contributed by atoms with Gasteiger partial charge in [0, 0.05) is 23.5 Å². The van der Waals surface area contributed by atoms with Crippen molar-refractivity contribution in [2.24, 2.45) is 0 Å². The summed E-state index contributed by atoms with van der Waals surface area (Å²) in [6.45, 7) is 0.156. The molecule has 0 bridgehead atoms. The number of hydrogen-bond donors (Lipinski definition) is 3. The normalized spacial score (nSPS) is 10.2. The van der Waals surface area contributed by atoms with Crippen LogP contribution in [0.25, 0.3) is 0 Å². The Morgan fingerprint density at radius 1 is 0.750 bits per heavy atom. The third-order valence-electron chi connectivity index (χ3n) is 3.81. The minimum absolute atomic E-state index is 0.156. The van der Waals surface area contributed by atoms with Gasteiger partial charge in [-0.25, -0.2) is 13.6 Å². The Kier molecular flexibility index (Phi) is 5.96. The van der Waals surface area contributed by atoms with Crippen LogP contribution < -0.4 is 16.0 Å². The van der Waals surface area contributed by atoms with E-state index in [-0.39, 0.29) is 12.4 Å². The van der Waals surface area contributed by atoms with Crippen molar-refractivity contribution in [3.05, 3.63) is 95.6 Å². The Balaban J connectivity index is 1.59. The molecule has 0 atom stereocenters. The molecule has 0 saturated carbocycles. The summed E-state index contributed by atoms with van der Waals surface area (Å²) in [6.07, 6.45) is 0. The molecule has 0 saturated heterocycles. The van der Waals surface area contributed by atoms with Crippen molar-refractivity contribution in [3.8, 4) is 0 Å². The highest BCUT2D eigenvalue weighted by atomic mass is 19.1. The molecule has 0 radical (unpaired) electrons. The fourth-order valence-electron chi connectivity index (χ4n) is 2.51. The maximum absolute atomic E-state index is 13.2. The summed E-state index contributed by atoms with van der Waals surface area (Å²) in [6, 6.07) is 17.3. The van der Waals surface area contributed by atoms with Crippen LogP contribution in [-0.2, 0) is 6.54 Å². The summed E-state index contributed by atoms with van der Waals surface area (Å²) in [5.74, 6) is -1.27. The van der Waals surface area contributed by atoms with E-state index in [9.17, 15) is 18.4 Å². The number of nitrogens with one attached hydrogen (secondary N) is 3. The SMILES string of the molecule is O=C(NCc1cccc(F)c1)Nc1cccc(C(=O)Nc2cccc(F)c2)c1. The van der Waals surface area contributed by atoms with Crippen LogP contribution in [-0.4, -0.2) is 11.9 Å². The lowest BCUT2D eigenvalue weighted by Crippen LogP contribution is -2.28. The summed E-state index contributed by atoms with van der Waals surface area (Å²) in [5.41, 5.74) is 1.66. The van der Waals surface area contributed by atoms with Crippen LogP contribution >= 0.6 is 0 Å². The largest absolute Gasteiger partial charge is 0.334 e. The second-order valence-corrected chi connectivity index (χ2v) is 5.98. The zero-order valence-corrected chi connectivity index (χ0v) is 14.7. The van der Waals surface area contributed by atoms with Crippen molar-refractivity contribution in [1.82, 2.24) is 5.32 Å². The molecule has 3 aromatic rings. The summed E-state index contributed by atoms with van der Waals surface area (Å²) < 4.78 is 26.4. The van der Waals surface area contributed by atoms with E-state index in [1.807, 2.05) is 0 Å². The van der Waals surface area contributed by atoms with E-state index in [1.54, 1.807) is 36.4 Å². The molecule has 0 unspecified atom stereocenters. The summed E-state index contributed by atoms with van der Waals surface area (Å²) in [5, 5.41) is 7.81. The fourth-order valence-corrected chi connectivity index (χ4v) is 2.51. The number of anilines is 2. The quantitative estimate of drug-likeness (QED) is 0.607. The van der Waals surface area contributed by atoms with Gasteiger partial charge in [-0.3, -0.25) is 4.79 Å². The van der Waals surface area contributed by atoms with Gasteiger partial charge in [-0.1, -0.05) is 24.3 Å². The van der Waals surface area contributed by atoms with Crippen molar-refractivity contribution in [3.63, 3.8) is 0 Å². The van der Waals surface area contributed by atoms with Gasteiger partial charge in [0.2, 0.25) is 0 Å². The van der Waals surface area contributed by atoms with Crippen LogP contribution in [0.2, 0.25) is 0 Å². The van der Waals surface area contributed by atoms with Crippen molar-refractivity contribution >= 4 is 23.3 Å². The Bertz CT molecular complexity index is 1010. The zero-order chi connectivity index (χ0) is 19.9. The standard InChI is InChI=1S/C21H17F2N3O2/c22-16-6-1-4-14(10-16)13-24-21(28)26-18-8-2-5-15(11-18)20(27)25-19-9-3-7-17(23)12-19/h1-12H,13H2,(H,25,27)(H2,24,26,28). The van der Waals surface area contributed by atoms with E-state index in [0.717, 1.165) is 0 Å². The van der Waals surface area contributed by atoms with E-state index >= 15 is 0 Å². The lowest BCUT2D eigenvalue weighted by atomic mass is 10.2. The molecule has 3 N–H and O–H groups in total. The first-order valence-corrected chi connectivity index (χ1v) is 8.46. The van der Waals surface area contributed by atoms with Gasteiger partial charge < -0.3 is 16.0 Å². The van der Waals surface area contributed by atoms with Gasteiger partial charge in [0.1, 0.15) is 11.6 Å². The molecule has 0 heterocycles. The molecule has 0 aliphatic carbocycles. The Labute approximate surface area is 160 Å². The zero-order valence-electron chi connectivity index (χ0n) is 14.7. The van der Waals surface area contributed by atoms with E-state index < -0.39 is 17.8 Å². The van der Waals surface area contributed by atoms with Crippen LogP contribution in [0.3, 0.4) is 0 Å². The molecule has 7 heteroatoms. The Morgan fingerprint density at radius 3 is 2.11 bits per heavy atom. The Hall–Kier alpha value is -3.74. The molecule has 0 fully saturated rings. The van der Waals surface area contributed by atoms with Gasteiger partial charge >= 0.3 is 6.03 Å². The highest BCUT2D eigenvalue weighted by Crippen LogP contribution is 2.14. The maximum atomic E-state index is 13.2. The molecular weight excluding hydrogens is 364 g/mol. The van der Waals surface area contributed by atoms with Gasteiger partial charge in [0.25, 0.3) is 5.91 Å². The predicted octanol–water partition coefficient (Wildman–Crippen LogP) is 4.54. The number of hydrogen-bond acceptors (Lipinski definition) is 2. The van der Waals surface area contributed by atoms with Gasteiger partial charge in [-0.05, 0) is 54.1 Å². The first-order valence-electron chi connectivity index (χ1n) is 8.46. The number of urea groups is 1. The van der Waals surface area contributed by atoms with Crippen LogP contribution in [0, 0.1) is 11.6 Å². The highest BCUT2D eigenvalue weighted by molar-refractivity contribution is 6.05. The van der Waals surface area contributed by atoms with Crippen LogP contribution in [0.4, 0.5) is 25.0 Å². The molecule has 5 nitrogen and oxygen atoms in total. The molecular formula is C21H17F2N3O2. The molecule has 3 aromatic carbocycles. The number of rotatable bonds is 5. The van der Waals surface area contributed by atoms with E-state index in [4.69, 9.17) is 0 Å². The molecule has 28 heavy (non-hydrogen) atoms. The minimum atomic E-state index is -0.494. The minimum Gasteiger partial charge on any atom is -0.334 e. The average Bonchev–Trinajstić information content (AvgIpc) is 2.67. The maximum Gasteiger partial charge on any atom is 0.319 e. The third-order valence-corrected chi connectivity index (χ3v) is 3.81. The number of amides is 3. The summed E-state index contributed by atoms with van der Waals surface area (Å²) >= 11 is 0. The molecule has 0 aromatic heterocycles. The van der Waals surface area contributed by atoms with Crippen LogP contribution in [0.5, 0.6) is 0 Å². The lowest BCUT2D eigenvalue weighted by Gasteiger charge is -2.10. The molecule has 142 valence electrons. The van der Waals surface area contributed by atoms with Crippen molar-refractivity contribution in [1.29, 1.82) is 0 Å². The smallest absolute Gasteiger partial charge is 0.319 e. The number of benzene rings is 3. The van der Waals surface area contributed by atoms with Gasteiger partial charge in [0.05, 0.1) is 0 Å². The van der Waals surface area contributed by atoms with E-state index in [2.05, 4.69) is 16.0 Å². The van der Waals surface area contributed by atoms with Crippen molar-refractivity contribution in [2.45, 2.75) is 6.54 Å². The molecule has 0 aliphatic heterocycles. The molecule has 3 rings (SSSR count). The predicted molar refractivity (Wildman–Crippen MR) is 103 cm³/mol. The van der Waals surface area contributed by atoms with Crippen LogP contribution in [0.15, 0.2) is 72.8 Å². The second-order valence-electron chi connectivity index (χ2n) is 5.98. The van der Waals surface area contributed by atoms with E-state index in [1.165, 1.54) is 36.4 Å². The van der Waals surface area contributed by atoms with Crippen molar-refractivity contribution in [2.75, 3.05) is 10.6 Å². The topological polar surface area (TPSA) is 70.2 Å². The first kappa shape index (κ1) is 19.0. The average molecular weight is 381 g/mol. The summed E-state index contributed by atoms with van der Waals surface area (Å²) in [4.78, 5) is 24.3. The van der Waals surface area contributed by atoms with Gasteiger partial charge in [-0.2, -0.15) is 0 Å². The molecule has 0 aliphatic rings. The van der Waals surface area contributed by atoms with Gasteiger partial charge in [-0.15, -0.1) is 0 Å². The third kappa shape index (κ3) is 5.38. The Morgan fingerprint density at radius 2 is 1.39 bits per heavy atom.